The van der Waals surface area contributed by atoms with Crippen LogP contribution >= 0.6 is 11.3 Å². The molecule has 0 spiro atoms. The lowest BCUT2D eigenvalue weighted by molar-refractivity contribution is 1.33. The first-order valence-electron chi connectivity index (χ1n) is 3.42. The van der Waals surface area contributed by atoms with Crippen molar-refractivity contribution in [2.24, 2.45) is 0 Å². The summed E-state index contributed by atoms with van der Waals surface area (Å²) in [5.74, 6) is 0.880. The van der Waals surface area contributed by atoms with E-state index in [1.54, 1.807) is 11.3 Å². The number of hydrogen-bond donors (Lipinski definition) is 3. The molecule has 0 fully saturated rings. The number of H-pyrrole nitrogens is 1. The SMILES string of the molecule is Nc1nc(-c2cccs2)c(N)[nH]1. The van der Waals surface area contributed by atoms with Crippen molar-refractivity contribution in [2.75, 3.05) is 11.5 Å². The molecule has 0 saturated heterocycles. The first-order valence-corrected chi connectivity index (χ1v) is 4.30. The second kappa shape index (κ2) is 2.53. The van der Waals surface area contributed by atoms with Gasteiger partial charge in [0.15, 0.2) is 5.95 Å². The van der Waals surface area contributed by atoms with Gasteiger partial charge in [-0.1, -0.05) is 6.07 Å². The van der Waals surface area contributed by atoms with Crippen LogP contribution in [0.4, 0.5) is 11.8 Å². The number of nitrogen functional groups attached to an aromatic ring is 2. The van der Waals surface area contributed by atoms with E-state index in [0.29, 0.717) is 11.8 Å². The van der Waals surface area contributed by atoms with Crippen LogP contribution < -0.4 is 11.5 Å². The molecular weight excluding hydrogens is 172 g/mol. The molecule has 2 aromatic rings. The summed E-state index contributed by atoms with van der Waals surface area (Å²) in [6.07, 6.45) is 0. The highest BCUT2D eigenvalue weighted by molar-refractivity contribution is 7.13. The maximum Gasteiger partial charge on any atom is 0.199 e. The van der Waals surface area contributed by atoms with Gasteiger partial charge in [0, 0.05) is 0 Å². The molecule has 4 nitrogen and oxygen atoms in total. The smallest absolute Gasteiger partial charge is 0.199 e. The zero-order chi connectivity index (χ0) is 8.55. The first kappa shape index (κ1) is 7.17. The van der Waals surface area contributed by atoms with Crippen LogP contribution in [0.25, 0.3) is 10.6 Å². The lowest BCUT2D eigenvalue weighted by Crippen LogP contribution is -1.87. The molecule has 5 N–H and O–H groups in total. The number of anilines is 2. The molecular formula is C7H8N4S. The van der Waals surface area contributed by atoms with Gasteiger partial charge in [-0.25, -0.2) is 4.98 Å². The number of aromatic nitrogens is 2. The Labute approximate surface area is 73.2 Å². The fourth-order valence-corrected chi connectivity index (χ4v) is 1.74. The summed E-state index contributed by atoms with van der Waals surface area (Å²) in [4.78, 5) is 7.84. The van der Waals surface area contributed by atoms with Gasteiger partial charge in [0.1, 0.15) is 11.5 Å². The Kier molecular flexibility index (Phi) is 1.51. The highest BCUT2D eigenvalue weighted by atomic mass is 32.1. The summed E-state index contributed by atoms with van der Waals surface area (Å²) >= 11 is 1.59. The Morgan fingerprint density at radius 3 is 2.75 bits per heavy atom. The summed E-state index contributed by atoms with van der Waals surface area (Å²) in [6.45, 7) is 0. The van der Waals surface area contributed by atoms with E-state index in [1.807, 2.05) is 17.5 Å². The fraction of sp³-hybridized carbons (Fsp3) is 0. The van der Waals surface area contributed by atoms with E-state index in [2.05, 4.69) is 9.97 Å². The molecule has 0 aliphatic carbocycles. The van der Waals surface area contributed by atoms with Gasteiger partial charge in [-0.2, -0.15) is 0 Å². The maximum atomic E-state index is 5.64. The average Bonchev–Trinajstić information content (AvgIpc) is 2.58. The Morgan fingerprint density at radius 2 is 2.25 bits per heavy atom. The van der Waals surface area contributed by atoms with Crippen LogP contribution in [0.5, 0.6) is 0 Å². The molecule has 2 rings (SSSR count). The Hall–Kier alpha value is -1.49. The number of nitrogens with one attached hydrogen (secondary N) is 1. The second-order valence-electron chi connectivity index (χ2n) is 2.36. The minimum Gasteiger partial charge on any atom is -0.383 e. The molecule has 0 saturated carbocycles. The second-order valence-corrected chi connectivity index (χ2v) is 3.31. The molecule has 0 aliphatic heterocycles. The number of imidazole rings is 1. The zero-order valence-electron chi connectivity index (χ0n) is 6.24. The molecule has 0 atom stereocenters. The highest BCUT2D eigenvalue weighted by Crippen LogP contribution is 2.27. The lowest BCUT2D eigenvalue weighted by Gasteiger charge is -1.89. The van der Waals surface area contributed by atoms with E-state index < -0.39 is 0 Å². The van der Waals surface area contributed by atoms with E-state index in [1.165, 1.54) is 0 Å². The maximum absolute atomic E-state index is 5.64. The van der Waals surface area contributed by atoms with Gasteiger partial charge in [0.2, 0.25) is 0 Å². The minimum absolute atomic E-state index is 0.357. The Bertz CT molecular complexity index is 376. The van der Waals surface area contributed by atoms with Crippen molar-refractivity contribution in [1.29, 1.82) is 0 Å². The Balaban J connectivity index is 2.54. The molecule has 0 aliphatic rings. The fourth-order valence-electron chi connectivity index (χ4n) is 1.01. The average molecular weight is 180 g/mol. The number of thiophene rings is 1. The first-order chi connectivity index (χ1) is 5.77. The normalized spacial score (nSPS) is 10.3. The van der Waals surface area contributed by atoms with Crippen molar-refractivity contribution in [3.63, 3.8) is 0 Å². The molecule has 2 aromatic heterocycles. The third-order valence-electron chi connectivity index (χ3n) is 1.50. The molecule has 0 bridgehead atoms. The number of aromatic amines is 1. The van der Waals surface area contributed by atoms with Gasteiger partial charge in [-0.15, -0.1) is 11.3 Å². The van der Waals surface area contributed by atoms with Crippen molar-refractivity contribution in [1.82, 2.24) is 9.97 Å². The molecule has 0 aromatic carbocycles. The van der Waals surface area contributed by atoms with Crippen LogP contribution in [0.3, 0.4) is 0 Å². The van der Waals surface area contributed by atoms with Crippen LogP contribution in [0.2, 0.25) is 0 Å². The van der Waals surface area contributed by atoms with Gasteiger partial charge >= 0.3 is 0 Å². The van der Waals surface area contributed by atoms with Crippen molar-refractivity contribution < 1.29 is 0 Å². The highest BCUT2D eigenvalue weighted by Gasteiger charge is 2.07. The third kappa shape index (κ3) is 1.04. The minimum atomic E-state index is 0.357. The van der Waals surface area contributed by atoms with Crippen molar-refractivity contribution >= 4 is 23.1 Å². The van der Waals surface area contributed by atoms with Gasteiger partial charge in [0.25, 0.3) is 0 Å². The lowest BCUT2D eigenvalue weighted by atomic mass is 10.3. The van der Waals surface area contributed by atoms with E-state index in [0.717, 1.165) is 10.6 Å². The molecule has 0 unspecified atom stereocenters. The number of nitrogens with zero attached hydrogens (tertiary/aromatic N) is 1. The van der Waals surface area contributed by atoms with Crippen molar-refractivity contribution in [3.8, 4) is 10.6 Å². The molecule has 2 heterocycles. The van der Waals surface area contributed by atoms with Gasteiger partial charge in [-0.3, -0.25) is 0 Å². The predicted octanol–water partition coefficient (Wildman–Crippen LogP) is 1.30. The quantitative estimate of drug-likeness (QED) is 0.618. The number of nitrogens with two attached hydrogens (primary N) is 2. The third-order valence-corrected chi connectivity index (χ3v) is 2.38. The van der Waals surface area contributed by atoms with Gasteiger partial charge in [-0.05, 0) is 11.4 Å². The monoisotopic (exact) mass is 180 g/mol. The van der Waals surface area contributed by atoms with E-state index in [4.69, 9.17) is 11.5 Å². The number of rotatable bonds is 1. The largest absolute Gasteiger partial charge is 0.383 e. The van der Waals surface area contributed by atoms with Gasteiger partial charge < -0.3 is 16.5 Å². The van der Waals surface area contributed by atoms with Crippen LogP contribution in [-0.4, -0.2) is 9.97 Å². The zero-order valence-corrected chi connectivity index (χ0v) is 7.06. The summed E-state index contributed by atoms with van der Waals surface area (Å²) in [5, 5.41) is 1.97. The van der Waals surface area contributed by atoms with Crippen molar-refractivity contribution in [2.45, 2.75) is 0 Å². The predicted molar refractivity (Wildman–Crippen MR) is 50.7 cm³/mol. The summed E-state index contributed by atoms with van der Waals surface area (Å²) in [5.41, 5.74) is 11.8. The van der Waals surface area contributed by atoms with Crippen molar-refractivity contribution in [3.05, 3.63) is 17.5 Å². The van der Waals surface area contributed by atoms with Crippen LogP contribution in [0.1, 0.15) is 0 Å². The molecule has 0 radical (unpaired) electrons. The van der Waals surface area contributed by atoms with Gasteiger partial charge in [0.05, 0.1) is 4.88 Å². The molecule has 62 valence electrons. The number of hydrogen-bond acceptors (Lipinski definition) is 4. The topological polar surface area (TPSA) is 80.7 Å². The van der Waals surface area contributed by atoms with Crippen LogP contribution in [-0.2, 0) is 0 Å². The molecule has 12 heavy (non-hydrogen) atoms. The Morgan fingerprint density at radius 1 is 1.42 bits per heavy atom. The standard InChI is InChI=1S/C7H8N4S/c8-6-5(10-7(9)11-6)4-2-1-3-12-4/h1-3H,8H2,(H3,9,10,11). The van der Waals surface area contributed by atoms with Crippen LogP contribution in [0.15, 0.2) is 17.5 Å². The summed E-state index contributed by atoms with van der Waals surface area (Å²) < 4.78 is 0. The van der Waals surface area contributed by atoms with E-state index >= 15 is 0 Å². The summed E-state index contributed by atoms with van der Waals surface area (Å²) in [7, 11) is 0. The van der Waals surface area contributed by atoms with E-state index in [-0.39, 0.29) is 0 Å². The van der Waals surface area contributed by atoms with E-state index in [9.17, 15) is 0 Å². The van der Waals surface area contributed by atoms with Crippen LogP contribution in [0, 0.1) is 0 Å². The molecule has 0 amide bonds. The molecule has 5 heteroatoms. The summed E-state index contributed by atoms with van der Waals surface area (Å²) in [6, 6.07) is 3.90.